The van der Waals surface area contributed by atoms with Gasteiger partial charge in [0.15, 0.2) is 5.82 Å². The highest BCUT2D eigenvalue weighted by atomic mass is 35.5. The van der Waals surface area contributed by atoms with Crippen molar-refractivity contribution in [2.45, 2.75) is 6.42 Å². The van der Waals surface area contributed by atoms with E-state index in [1.165, 1.54) is 18.5 Å². The van der Waals surface area contributed by atoms with E-state index in [2.05, 4.69) is 15.2 Å². The number of carbonyl (C=O) groups excluding carboxylic acids is 1. The predicted octanol–water partition coefficient (Wildman–Crippen LogP) is 2.02. The highest BCUT2D eigenvalue weighted by molar-refractivity contribution is 6.31. The molecule has 0 atom stereocenters. The van der Waals surface area contributed by atoms with Gasteiger partial charge in [0.2, 0.25) is 5.78 Å². The van der Waals surface area contributed by atoms with Crippen LogP contribution in [0, 0.1) is 5.82 Å². The van der Waals surface area contributed by atoms with E-state index in [0.29, 0.717) is 5.56 Å². The minimum absolute atomic E-state index is 0.00815. The molecule has 82 valence electrons. The van der Waals surface area contributed by atoms with Crippen LogP contribution in [0.1, 0.15) is 16.2 Å². The summed E-state index contributed by atoms with van der Waals surface area (Å²) in [5, 5.41) is 5.97. The SMILES string of the molecule is O=C(Cc1cccc(F)c1Cl)c1ncn[nH]1. The summed E-state index contributed by atoms with van der Waals surface area (Å²) >= 11 is 5.73. The Morgan fingerprint density at radius 3 is 3.00 bits per heavy atom. The molecule has 1 aromatic carbocycles. The van der Waals surface area contributed by atoms with Crippen molar-refractivity contribution in [2.24, 2.45) is 0 Å². The van der Waals surface area contributed by atoms with Gasteiger partial charge in [0.1, 0.15) is 12.1 Å². The quantitative estimate of drug-likeness (QED) is 0.834. The molecule has 4 nitrogen and oxygen atoms in total. The summed E-state index contributed by atoms with van der Waals surface area (Å²) in [6, 6.07) is 4.34. The molecule has 0 radical (unpaired) electrons. The van der Waals surface area contributed by atoms with Crippen LogP contribution in [-0.2, 0) is 6.42 Å². The lowest BCUT2D eigenvalue weighted by atomic mass is 10.1. The number of rotatable bonds is 3. The minimum atomic E-state index is -0.537. The highest BCUT2D eigenvalue weighted by Gasteiger charge is 2.13. The second kappa shape index (κ2) is 4.40. The van der Waals surface area contributed by atoms with Crippen LogP contribution in [0.4, 0.5) is 4.39 Å². The van der Waals surface area contributed by atoms with E-state index in [-0.39, 0.29) is 23.1 Å². The standard InChI is InChI=1S/C10H7ClFN3O/c11-9-6(2-1-3-7(9)12)4-8(16)10-13-5-14-15-10/h1-3,5H,4H2,(H,13,14,15). The van der Waals surface area contributed by atoms with Crippen molar-refractivity contribution in [1.82, 2.24) is 15.2 Å². The number of aromatic nitrogens is 3. The van der Waals surface area contributed by atoms with Gasteiger partial charge < -0.3 is 0 Å². The number of carbonyl (C=O) groups is 1. The summed E-state index contributed by atoms with van der Waals surface area (Å²) in [5.74, 6) is -0.685. The lowest BCUT2D eigenvalue weighted by molar-refractivity contribution is 0.0983. The molecule has 0 saturated carbocycles. The normalized spacial score (nSPS) is 10.4. The van der Waals surface area contributed by atoms with Gasteiger partial charge in [-0.2, -0.15) is 5.10 Å². The number of ketones is 1. The van der Waals surface area contributed by atoms with Crippen LogP contribution >= 0.6 is 11.6 Å². The number of Topliss-reactive ketones (excluding diaryl/α,β-unsaturated/α-hetero) is 1. The third kappa shape index (κ3) is 2.09. The van der Waals surface area contributed by atoms with Gasteiger partial charge in [0.05, 0.1) is 5.02 Å². The summed E-state index contributed by atoms with van der Waals surface area (Å²) in [6.45, 7) is 0. The number of hydrogen-bond donors (Lipinski definition) is 1. The maximum Gasteiger partial charge on any atom is 0.203 e. The number of benzene rings is 1. The van der Waals surface area contributed by atoms with Crippen LogP contribution in [0.5, 0.6) is 0 Å². The molecule has 2 aromatic rings. The number of nitrogens with one attached hydrogen (secondary N) is 1. The Hall–Kier alpha value is -1.75. The average Bonchev–Trinajstić information content (AvgIpc) is 2.78. The highest BCUT2D eigenvalue weighted by Crippen LogP contribution is 2.20. The maximum atomic E-state index is 13.1. The molecule has 0 aliphatic heterocycles. The van der Waals surface area contributed by atoms with Crippen molar-refractivity contribution in [1.29, 1.82) is 0 Å². The zero-order valence-corrected chi connectivity index (χ0v) is 8.83. The van der Waals surface area contributed by atoms with Gasteiger partial charge in [-0.25, -0.2) is 9.37 Å². The fourth-order valence-electron chi connectivity index (χ4n) is 1.28. The number of H-pyrrole nitrogens is 1. The van der Waals surface area contributed by atoms with Crippen molar-refractivity contribution >= 4 is 17.4 Å². The lowest BCUT2D eigenvalue weighted by Crippen LogP contribution is -2.06. The van der Waals surface area contributed by atoms with Gasteiger partial charge in [-0.3, -0.25) is 9.89 Å². The molecule has 0 aliphatic rings. The summed E-state index contributed by atoms with van der Waals surface area (Å²) in [6.07, 6.45) is 1.23. The molecule has 1 heterocycles. The third-order valence-electron chi connectivity index (χ3n) is 2.06. The predicted molar refractivity (Wildman–Crippen MR) is 55.8 cm³/mol. The minimum Gasteiger partial charge on any atom is -0.290 e. The first-order valence-corrected chi connectivity index (χ1v) is 4.87. The maximum absolute atomic E-state index is 13.1. The Morgan fingerprint density at radius 2 is 2.31 bits per heavy atom. The van der Waals surface area contributed by atoms with Crippen LogP contribution < -0.4 is 0 Å². The summed E-state index contributed by atoms with van der Waals surface area (Å²) < 4.78 is 13.1. The van der Waals surface area contributed by atoms with E-state index in [1.807, 2.05) is 0 Å². The number of aromatic amines is 1. The second-order valence-corrected chi connectivity index (χ2v) is 3.52. The van der Waals surface area contributed by atoms with E-state index in [4.69, 9.17) is 11.6 Å². The first-order valence-electron chi connectivity index (χ1n) is 4.50. The molecule has 2 rings (SSSR count). The largest absolute Gasteiger partial charge is 0.290 e. The Kier molecular flexibility index (Phi) is 2.96. The van der Waals surface area contributed by atoms with Gasteiger partial charge >= 0.3 is 0 Å². The number of nitrogens with zero attached hydrogens (tertiary/aromatic N) is 2. The van der Waals surface area contributed by atoms with Gasteiger partial charge in [-0.15, -0.1) is 0 Å². The molecule has 1 aromatic heterocycles. The molecule has 0 unspecified atom stereocenters. The van der Waals surface area contributed by atoms with Crippen molar-refractivity contribution in [2.75, 3.05) is 0 Å². The topological polar surface area (TPSA) is 58.6 Å². The van der Waals surface area contributed by atoms with E-state index in [1.54, 1.807) is 6.07 Å². The van der Waals surface area contributed by atoms with Gasteiger partial charge in [-0.05, 0) is 11.6 Å². The number of hydrogen-bond acceptors (Lipinski definition) is 3. The van der Waals surface area contributed by atoms with Crippen LogP contribution in [-0.4, -0.2) is 21.0 Å². The van der Waals surface area contributed by atoms with E-state index < -0.39 is 5.82 Å². The molecular weight excluding hydrogens is 233 g/mol. The Balaban J connectivity index is 2.22. The van der Waals surface area contributed by atoms with E-state index in [9.17, 15) is 9.18 Å². The second-order valence-electron chi connectivity index (χ2n) is 3.15. The van der Waals surface area contributed by atoms with Crippen molar-refractivity contribution in [3.05, 3.63) is 46.8 Å². The average molecular weight is 240 g/mol. The zero-order valence-electron chi connectivity index (χ0n) is 8.08. The third-order valence-corrected chi connectivity index (χ3v) is 2.48. The summed E-state index contributed by atoms with van der Waals surface area (Å²) in [5.41, 5.74) is 0.433. The van der Waals surface area contributed by atoms with E-state index >= 15 is 0 Å². The number of halogens is 2. The molecule has 1 N–H and O–H groups in total. The summed E-state index contributed by atoms with van der Waals surface area (Å²) in [4.78, 5) is 15.3. The Labute approximate surface area is 95.5 Å². The van der Waals surface area contributed by atoms with Crippen molar-refractivity contribution in [3.63, 3.8) is 0 Å². The fraction of sp³-hybridized carbons (Fsp3) is 0.100. The molecular formula is C10H7ClFN3O. The molecule has 6 heteroatoms. The Bertz CT molecular complexity index is 513. The molecule has 0 aliphatic carbocycles. The van der Waals surface area contributed by atoms with Crippen LogP contribution in [0.25, 0.3) is 0 Å². The monoisotopic (exact) mass is 239 g/mol. The first kappa shape index (κ1) is 10.8. The van der Waals surface area contributed by atoms with Gasteiger partial charge in [-0.1, -0.05) is 23.7 Å². The molecule has 0 spiro atoms. The first-order chi connectivity index (χ1) is 7.68. The molecule has 0 amide bonds. The summed E-state index contributed by atoms with van der Waals surface area (Å²) in [7, 11) is 0. The Morgan fingerprint density at radius 1 is 1.50 bits per heavy atom. The molecule has 16 heavy (non-hydrogen) atoms. The smallest absolute Gasteiger partial charge is 0.203 e. The van der Waals surface area contributed by atoms with E-state index in [0.717, 1.165) is 0 Å². The van der Waals surface area contributed by atoms with Gasteiger partial charge in [0.25, 0.3) is 0 Å². The van der Waals surface area contributed by atoms with Crippen molar-refractivity contribution in [3.8, 4) is 0 Å². The molecule has 0 saturated heterocycles. The van der Waals surface area contributed by atoms with Crippen molar-refractivity contribution < 1.29 is 9.18 Å². The zero-order chi connectivity index (χ0) is 11.5. The van der Waals surface area contributed by atoms with Gasteiger partial charge in [0, 0.05) is 6.42 Å². The van der Waals surface area contributed by atoms with Crippen LogP contribution in [0.15, 0.2) is 24.5 Å². The van der Waals surface area contributed by atoms with Crippen LogP contribution in [0.3, 0.4) is 0 Å². The van der Waals surface area contributed by atoms with Crippen LogP contribution in [0.2, 0.25) is 5.02 Å². The molecule has 0 bridgehead atoms. The lowest BCUT2D eigenvalue weighted by Gasteiger charge is -2.02. The molecule has 0 fully saturated rings. The fourth-order valence-corrected chi connectivity index (χ4v) is 1.47.